The van der Waals surface area contributed by atoms with Gasteiger partial charge < -0.3 is 29.5 Å². The minimum Gasteiger partial charge on any atom is -0.872 e. The number of aryl methyl sites for hydroxylation is 1. The van der Waals surface area contributed by atoms with Gasteiger partial charge in [0, 0.05) is 5.57 Å². The van der Waals surface area contributed by atoms with Gasteiger partial charge in [-0.2, -0.15) is 0 Å². The van der Waals surface area contributed by atoms with Crippen LogP contribution in [0.5, 0.6) is 17.2 Å². The third-order valence-electron chi connectivity index (χ3n) is 6.63. The normalized spacial score (nSPS) is 17.2. The molecule has 2 aromatic carbocycles. The van der Waals surface area contributed by atoms with Gasteiger partial charge in [-0.05, 0) is 82.5 Å². The molecule has 0 aromatic heterocycles. The van der Waals surface area contributed by atoms with Gasteiger partial charge in [0.05, 0.1) is 44.9 Å². The van der Waals surface area contributed by atoms with Crippen LogP contribution >= 0.6 is 0 Å². The van der Waals surface area contributed by atoms with Crippen LogP contribution in [0.3, 0.4) is 0 Å². The number of hydrogen-bond acceptors (Lipinski definition) is 6. The lowest BCUT2D eigenvalue weighted by molar-refractivity contribution is -0.895. The zero-order valence-corrected chi connectivity index (χ0v) is 22.6. The highest BCUT2D eigenvalue weighted by Crippen LogP contribution is 2.41. The van der Waals surface area contributed by atoms with Crippen molar-refractivity contribution < 1.29 is 34.2 Å². The number of hydrogen-bond donors (Lipinski definition) is 2. The number of quaternary nitrogens is 1. The Morgan fingerprint density at radius 2 is 1.78 bits per heavy atom. The average molecular weight is 511 g/mol. The van der Waals surface area contributed by atoms with Crippen LogP contribution in [0.4, 0.5) is 0 Å². The lowest BCUT2D eigenvalue weighted by Gasteiger charge is -2.29. The Bertz CT molecular complexity index is 1170. The van der Waals surface area contributed by atoms with Crippen molar-refractivity contribution in [2.24, 2.45) is 0 Å². The van der Waals surface area contributed by atoms with Crippen LogP contribution in [-0.2, 0) is 9.59 Å². The van der Waals surface area contributed by atoms with Crippen molar-refractivity contribution in [2.75, 3.05) is 32.8 Å². The van der Waals surface area contributed by atoms with Crippen LogP contribution in [0.2, 0.25) is 0 Å². The van der Waals surface area contributed by atoms with E-state index in [0.717, 1.165) is 18.7 Å². The van der Waals surface area contributed by atoms with E-state index in [9.17, 15) is 19.8 Å². The fraction of sp³-hybridized carbons (Fsp3) is 0.448. The first-order valence-electron chi connectivity index (χ1n) is 13.0. The minimum absolute atomic E-state index is 0.0245. The first-order valence-corrected chi connectivity index (χ1v) is 13.0. The Morgan fingerprint density at radius 1 is 1.08 bits per heavy atom. The van der Waals surface area contributed by atoms with Crippen LogP contribution in [0.1, 0.15) is 57.4 Å². The molecule has 8 heteroatoms. The number of ketones is 1. The molecule has 2 aromatic rings. The number of rotatable bonds is 11. The number of Topliss-reactive ketones (excluding diaryl/α,β-unsaturated/α-hetero) is 1. The van der Waals surface area contributed by atoms with Gasteiger partial charge in [-0.25, -0.2) is 0 Å². The second-order valence-electron chi connectivity index (χ2n) is 9.49. The van der Waals surface area contributed by atoms with Gasteiger partial charge in [-0.1, -0.05) is 17.9 Å². The summed E-state index contributed by atoms with van der Waals surface area (Å²) in [7, 11) is 0. The number of benzene rings is 2. The molecular weight excluding hydrogens is 472 g/mol. The maximum absolute atomic E-state index is 13.8. The first kappa shape index (κ1) is 28.1. The number of amides is 1. The number of nitrogens with zero attached hydrogens (tertiary/aromatic N) is 1. The lowest BCUT2D eigenvalue weighted by Crippen LogP contribution is -3.12. The lowest BCUT2D eigenvalue weighted by atomic mass is 9.94. The quantitative estimate of drug-likeness (QED) is 0.272. The SMILES string of the molecule is CCOc1cc(C2C(=C([O-])c3ccc(OC(C)C)c(C)c3)C(=O)C(=O)N2CC[NH+](CC)CC)ccc1O. The molecule has 0 radical (unpaired) electrons. The molecule has 1 amide bonds. The molecule has 0 aliphatic carbocycles. The van der Waals surface area contributed by atoms with E-state index in [4.69, 9.17) is 9.47 Å². The van der Waals surface area contributed by atoms with Crippen molar-refractivity contribution in [1.29, 1.82) is 0 Å². The van der Waals surface area contributed by atoms with Gasteiger partial charge in [0.1, 0.15) is 5.75 Å². The maximum Gasteiger partial charge on any atom is 0.295 e. The summed E-state index contributed by atoms with van der Waals surface area (Å²) in [5.74, 6) is -1.14. The van der Waals surface area contributed by atoms with Crippen LogP contribution in [-0.4, -0.2) is 60.6 Å². The fourth-order valence-electron chi connectivity index (χ4n) is 4.63. The molecule has 1 aliphatic rings. The molecule has 37 heavy (non-hydrogen) atoms. The molecule has 1 atom stereocenters. The van der Waals surface area contributed by atoms with Gasteiger partial charge in [-0.3, -0.25) is 9.59 Å². The first-order chi connectivity index (χ1) is 17.6. The standard InChI is InChI=1S/C29H38N2O6/c1-7-30(8-2)14-15-31-26(20-10-12-22(32)24(17-20)36-9-3)25(28(34)29(31)35)27(33)21-11-13-23(19(6)16-21)37-18(4)5/h10-13,16-18,26,32-33H,7-9,14-15H2,1-6H3. The zero-order valence-electron chi connectivity index (χ0n) is 22.6. The third-order valence-corrected chi connectivity index (χ3v) is 6.63. The molecule has 2 N–H and O–H groups in total. The number of nitrogens with one attached hydrogen (secondary N) is 1. The summed E-state index contributed by atoms with van der Waals surface area (Å²) in [6.45, 7) is 14.7. The minimum atomic E-state index is -0.880. The highest BCUT2D eigenvalue weighted by atomic mass is 16.5. The Hall–Kier alpha value is -3.52. The van der Waals surface area contributed by atoms with Crippen molar-refractivity contribution in [2.45, 2.75) is 53.7 Å². The van der Waals surface area contributed by atoms with Crippen molar-refractivity contribution in [1.82, 2.24) is 4.90 Å². The van der Waals surface area contributed by atoms with Crippen molar-refractivity contribution >= 4 is 17.4 Å². The predicted octanol–water partition coefficient (Wildman–Crippen LogP) is 2.04. The highest BCUT2D eigenvalue weighted by Gasteiger charge is 2.44. The van der Waals surface area contributed by atoms with Crippen molar-refractivity contribution in [3.63, 3.8) is 0 Å². The van der Waals surface area contributed by atoms with E-state index in [1.807, 2.05) is 20.8 Å². The monoisotopic (exact) mass is 510 g/mol. The predicted molar refractivity (Wildman–Crippen MR) is 140 cm³/mol. The summed E-state index contributed by atoms with van der Waals surface area (Å²) < 4.78 is 11.3. The van der Waals surface area contributed by atoms with E-state index in [1.165, 1.54) is 15.9 Å². The molecule has 1 saturated heterocycles. The highest BCUT2D eigenvalue weighted by molar-refractivity contribution is 6.46. The van der Waals surface area contributed by atoms with Crippen LogP contribution in [0.15, 0.2) is 42.0 Å². The Balaban J connectivity index is 2.14. The van der Waals surface area contributed by atoms with Crippen LogP contribution in [0, 0.1) is 6.92 Å². The van der Waals surface area contributed by atoms with Crippen LogP contribution < -0.4 is 19.5 Å². The number of ether oxygens (including phenoxy) is 2. The van der Waals surface area contributed by atoms with E-state index in [2.05, 4.69) is 13.8 Å². The summed E-state index contributed by atoms with van der Waals surface area (Å²) in [5, 5.41) is 24.0. The summed E-state index contributed by atoms with van der Waals surface area (Å²) in [5.41, 5.74) is 1.52. The number of aromatic hydroxyl groups is 1. The van der Waals surface area contributed by atoms with Gasteiger partial charge in [-0.15, -0.1) is 0 Å². The molecular formula is C29H38N2O6. The topological polar surface area (TPSA) is 104 Å². The third kappa shape index (κ3) is 6.07. The molecule has 0 spiro atoms. The number of likely N-dealkylation sites (tertiary alicyclic amines) is 1. The van der Waals surface area contributed by atoms with Gasteiger partial charge in [0.2, 0.25) is 5.78 Å². The molecule has 200 valence electrons. The summed E-state index contributed by atoms with van der Waals surface area (Å²) in [6.07, 6.45) is -0.0245. The second-order valence-corrected chi connectivity index (χ2v) is 9.49. The largest absolute Gasteiger partial charge is 0.872 e. The zero-order chi connectivity index (χ0) is 27.3. The molecule has 1 fully saturated rings. The fourth-order valence-corrected chi connectivity index (χ4v) is 4.63. The summed E-state index contributed by atoms with van der Waals surface area (Å²) in [4.78, 5) is 29.3. The smallest absolute Gasteiger partial charge is 0.295 e. The van der Waals surface area contributed by atoms with Crippen molar-refractivity contribution in [3.05, 3.63) is 58.7 Å². The number of likely N-dealkylation sites (N-methyl/N-ethyl adjacent to an activating group) is 1. The summed E-state index contributed by atoms with van der Waals surface area (Å²) >= 11 is 0. The average Bonchev–Trinajstić information content (AvgIpc) is 3.11. The Kier molecular flexibility index (Phi) is 9.21. The van der Waals surface area contributed by atoms with Gasteiger partial charge in [0.15, 0.2) is 11.5 Å². The van der Waals surface area contributed by atoms with Gasteiger partial charge in [0.25, 0.3) is 5.91 Å². The number of carbonyl (C=O) groups excluding carboxylic acids is 2. The van der Waals surface area contributed by atoms with E-state index in [0.29, 0.717) is 36.6 Å². The van der Waals surface area contributed by atoms with Gasteiger partial charge >= 0.3 is 0 Å². The molecule has 0 bridgehead atoms. The molecule has 1 aliphatic heterocycles. The van der Waals surface area contributed by atoms with E-state index in [-0.39, 0.29) is 23.2 Å². The van der Waals surface area contributed by atoms with Crippen LogP contribution in [0.25, 0.3) is 5.76 Å². The van der Waals surface area contributed by atoms with Crippen molar-refractivity contribution in [3.8, 4) is 17.2 Å². The Labute approximate surface area is 219 Å². The maximum atomic E-state index is 13.8. The van der Waals surface area contributed by atoms with E-state index >= 15 is 0 Å². The Morgan fingerprint density at radius 3 is 2.38 bits per heavy atom. The molecule has 3 rings (SSSR count). The number of phenolic OH excluding ortho intramolecular Hbond substituents is 1. The van der Waals surface area contributed by atoms with E-state index < -0.39 is 23.5 Å². The van der Waals surface area contributed by atoms with E-state index in [1.54, 1.807) is 37.3 Å². The number of phenols is 1. The molecule has 8 nitrogen and oxygen atoms in total. The summed E-state index contributed by atoms with van der Waals surface area (Å²) in [6, 6.07) is 8.84. The number of carbonyl (C=O) groups is 2. The molecule has 1 unspecified atom stereocenters. The second kappa shape index (κ2) is 12.1. The molecule has 0 saturated carbocycles. The molecule has 1 heterocycles.